The van der Waals surface area contributed by atoms with Crippen LogP contribution in [0, 0.1) is 5.82 Å². The van der Waals surface area contributed by atoms with E-state index in [1.54, 1.807) is 12.1 Å². The molecule has 2 aromatic rings. The van der Waals surface area contributed by atoms with Gasteiger partial charge in [0, 0.05) is 37.3 Å². The Bertz CT molecular complexity index is 701. The Labute approximate surface area is 136 Å². The number of rotatable bonds is 5. The van der Waals surface area contributed by atoms with E-state index in [2.05, 4.69) is 6.07 Å². The molecule has 0 aromatic heterocycles. The first kappa shape index (κ1) is 15.7. The Kier molecular flexibility index (Phi) is 4.72. The first-order valence-electron chi connectivity index (χ1n) is 7.95. The summed E-state index contributed by atoms with van der Waals surface area (Å²) in [5.41, 5.74) is 2.93. The van der Waals surface area contributed by atoms with E-state index in [4.69, 9.17) is 0 Å². The summed E-state index contributed by atoms with van der Waals surface area (Å²) in [6, 6.07) is 14.8. The lowest BCUT2D eigenvalue weighted by Crippen LogP contribution is -2.32. The van der Waals surface area contributed by atoms with Gasteiger partial charge >= 0.3 is 0 Å². The maximum absolute atomic E-state index is 13.7. The van der Waals surface area contributed by atoms with Crippen molar-refractivity contribution in [1.82, 2.24) is 4.90 Å². The number of anilines is 1. The summed E-state index contributed by atoms with van der Waals surface area (Å²) in [4.78, 5) is 16.3. The maximum atomic E-state index is 13.7. The minimum Gasteiger partial charge on any atom is -0.312 e. The molecule has 3 nitrogen and oxygen atoms in total. The summed E-state index contributed by atoms with van der Waals surface area (Å²) in [7, 11) is 1.91. The standard InChI is InChI=1S/C19H21FN2O/c1-21(14-16-7-2-4-8-17(16)20)12-11-19(23)22-13-10-15-6-3-5-9-18(15)22/h2-9H,10-14H2,1H3. The molecule has 1 aliphatic rings. The Morgan fingerprint density at radius 1 is 1.17 bits per heavy atom. The molecule has 0 saturated carbocycles. The molecule has 0 spiro atoms. The molecule has 0 bridgehead atoms. The first-order chi connectivity index (χ1) is 11.1. The maximum Gasteiger partial charge on any atom is 0.228 e. The monoisotopic (exact) mass is 312 g/mol. The van der Waals surface area contributed by atoms with Crippen molar-refractivity contribution in [2.75, 3.05) is 25.0 Å². The molecule has 0 saturated heterocycles. The van der Waals surface area contributed by atoms with Crippen LogP contribution in [0.1, 0.15) is 17.5 Å². The molecule has 120 valence electrons. The predicted molar refractivity (Wildman–Crippen MR) is 89.9 cm³/mol. The van der Waals surface area contributed by atoms with Crippen molar-refractivity contribution in [3.05, 3.63) is 65.5 Å². The number of carbonyl (C=O) groups is 1. The number of nitrogens with zero attached hydrogens (tertiary/aromatic N) is 2. The van der Waals surface area contributed by atoms with Gasteiger partial charge in [-0.25, -0.2) is 4.39 Å². The highest BCUT2D eigenvalue weighted by Crippen LogP contribution is 2.27. The zero-order valence-corrected chi connectivity index (χ0v) is 13.3. The number of halogens is 1. The zero-order valence-electron chi connectivity index (χ0n) is 13.3. The van der Waals surface area contributed by atoms with Crippen molar-refractivity contribution in [3.8, 4) is 0 Å². The van der Waals surface area contributed by atoms with Gasteiger partial charge in [0.15, 0.2) is 0 Å². The zero-order chi connectivity index (χ0) is 16.2. The number of benzene rings is 2. The van der Waals surface area contributed by atoms with Gasteiger partial charge in [0.2, 0.25) is 5.91 Å². The van der Waals surface area contributed by atoms with Gasteiger partial charge in [-0.1, -0.05) is 36.4 Å². The fourth-order valence-corrected chi connectivity index (χ4v) is 3.02. The molecule has 0 fully saturated rings. The molecular formula is C19H21FN2O. The van der Waals surface area contributed by atoms with Crippen LogP contribution in [0.4, 0.5) is 10.1 Å². The number of amides is 1. The third-order valence-electron chi connectivity index (χ3n) is 4.29. The summed E-state index contributed by atoms with van der Waals surface area (Å²) in [5, 5.41) is 0. The number of fused-ring (bicyclic) bond motifs is 1. The van der Waals surface area contributed by atoms with E-state index in [0.717, 1.165) is 18.7 Å². The topological polar surface area (TPSA) is 23.6 Å². The van der Waals surface area contributed by atoms with Gasteiger partial charge in [-0.15, -0.1) is 0 Å². The minimum atomic E-state index is -0.195. The largest absolute Gasteiger partial charge is 0.312 e. The highest BCUT2D eigenvalue weighted by molar-refractivity contribution is 5.95. The van der Waals surface area contributed by atoms with E-state index >= 15 is 0 Å². The second-order valence-corrected chi connectivity index (χ2v) is 6.00. The average molecular weight is 312 g/mol. The van der Waals surface area contributed by atoms with Crippen molar-refractivity contribution in [2.24, 2.45) is 0 Å². The second kappa shape index (κ2) is 6.92. The van der Waals surface area contributed by atoms with Crippen molar-refractivity contribution < 1.29 is 9.18 Å². The molecule has 1 aliphatic heterocycles. The highest BCUT2D eigenvalue weighted by atomic mass is 19.1. The molecule has 0 N–H and O–H groups in total. The molecule has 0 radical (unpaired) electrons. The van der Waals surface area contributed by atoms with Gasteiger partial charge < -0.3 is 9.80 Å². The van der Waals surface area contributed by atoms with E-state index < -0.39 is 0 Å². The highest BCUT2D eigenvalue weighted by Gasteiger charge is 2.23. The molecule has 2 aromatic carbocycles. The van der Waals surface area contributed by atoms with Crippen LogP contribution in [0.15, 0.2) is 48.5 Å². The normalized spacial score (nSPS) is 13.4. The van der Waals surface area contributed by atoms with Crippen LogP contribution < -0.4 is 4.90 Å². The molecule has 4 heteroatoms. The lowest BCUT2D eigenvalue weighted by molar-refractivity contribution is -0.118. The van der Waals surface area contributed by atoms with E-state index in [9.17, 15) is 9.18 Å². The van der Waals surface area contributed by atoms with Crippen LogP contribution in [-0.4, -0.2) is 30.9 Å². The van der Waals surface area contributed by atoms with E-state index in [0.29, 0.717) is 25.1 Å². The molecular weight excluding hydrogens is 291 g/mol. The van der Waals surface area contributed by atoms with Gasteiger partial charge in [-0.05, 0) is 31.2 Å². The Morgan fingerprint density at radius 2 is 1.91 bits per heavy atom. The molecule has 0 aliphatic carbocycles. The lowest BCUT2D eigenvalue weighted by Gasteiger charge is -2.21. The number of para-hydroxylation sites is 1. The molecule has 0 atom stereocenters. The third kappa shape index (κ3) is 3.59. The average Bonchev–Trinajstić information content (AvgIpc) is 2.99. The summed E-state index contributed by atoms with van der Waals surface area (Å²) in [6.45, 7) is 1.89. The van der Waals surface area contributed by atoms with Crippen molar-refractivity contribution in [3.63, 3.8) is 0 Å². The minimum absolute atomic E-state index is 0.135. The summed E-state index contributed by atoms with van der Waals surface area (Å²) < 4.78 is 13.7. The fraction of sp³-hybridized carbons (Fsp3) is 0.316. The van der Waals surface area contributed by atoms with Crippen LogP contribution in [0.2, 0.25) is 0 Å². The Morgan fingerprint density at radius 3 is 2.74 bits per heavy atom. The van der Waals surface area contributed by atoms with Crippen LogP contribution in [0.25, 0.3) is 0 Å². The van der Waals surface area contributed by atoms with Crippen LogP contribution in [0.3, 0.4) is 0 Å². The van der Waals surface area contributed by atoms with E-state index in [-0.39, 0.29) is 11.7 Å². The molecule has 23 heavy (non-hydrogen) atoms. The summed E-state index contributed by atoms with van der Waals surface area (Å²) >= 11 is 0. The van der Waals surface area contributed by atoms with Crippen molar-refractivity contribution >= 4 is 11.6 Å². The third-order valence-corrected chi connectivity index (χ3v) is 4.29. The van der Waals surface area contributed by atoms with E-state index in [1.165, 1.54) is 11.6 Å². The summed E-state index contributed by atoms with van der Waals surface area (Å²) in [6.07, 6.45) is 1.37. The van der Waals surface area contributed by atoms with Gasteiger partial charge in [-0.2, -0.15) is 0 Å². The van der Waals surface area contributed by atoms with Crippen molar-refractivity contribution in [2.45, 2.75) is 19.4 Å². The predicted octanol–water partition coefficient (Wildman–Crippen LogP) is 3.24. The van der Waals surface area contributed by atoms with Crippen LogP contribution in [0.5, 0.6) is 0 Å². The smallest absolute Gasteiger partial charge is 0.228 e. The first-order valence-corrected chi connectivity index (χ1v) is 7.95. The molecule has 3 rings (SSSR count). The fourth-order valence-electron chi connectivity index (χ4n) is 3.02. The molecule has 0 unspecified atom stereocenters. The van der Waals surface area contributed by atoms with Gasteiger partial charge in [0.1, 0.15) is 5.82 Å². The molecule has 1 amide bonds. The van der Waals surface area contributed by atoms with Crippen LogP contribution in [-0.2, 0) is 17.8 Å². The number of hydrogen-bond donors (Lipinski definition) is 0. The lowest BCUT2D eigenvalue weighted by atomic mass is 10.2. The second-order valence-electron chi connectivity index (χ2n) is 6.00. The van der Waals surface area contributed by atoms with Gasteiger partial charge in [0.25, 0.3) is 0 Å². The number of carbonyl (C=O) groups excluding carboxylic acids is 1. The van der Waals surface area contributed by atoms with Crippen molar-refractivity contribution in [1.29, 1.82) is 0 Å². The Hall–Kier alpha value is -2.20. The quantitative estimate of drug-likeness (QED) is 0.846. The SMILES string of the molecule is CN(CCC(=O)N1CCc2ccccc21)Cc1ccccc1F. The number of hydrogen-bond acceptors (Lipinski definition) is 2. The van der Waals surface area contributed by atoms with Gasteiger partial charge in [0.05, 0.1) is 0 Å². The molecule has 1 heterocycles. The summed E-state index contributed by atoms with van der Waals surface area (Å²) in [5.74, 6) is -0.0607. The van der Waals surface area contributed by atoms with E-state index in [1.807, 2.05) is 41.1 Å². The van der Waals surface area contributed by atoms with Crippen LogP contribution >= 0.6 is 0 Å². The Balaban J connectivity index is 1.54. The van der Waals surface area contributed by atoms with Gasteiger partial charge in [-0.3, -0.25) is 4.79 Å².